The monoisotopic (exact) mass is 1490 g/mol. The number of aliphatic hydroxyl groups is 4. The fourth-order valence-electron chi connectivity index (χ4n) is 7.63. The molecule has 2 fully saturated rings. The zero-order valence-electron chi connectivity index (χ0n) is 57.0. The second-order valence-electron chi connectivity index (χ2n) is 23.3. The minimum Gasteiger partial charge on any atom is -0.508 e. The average Bonchev–Trinajstić information content (AvgIpc) is 0.817. The molecule has 8 rings (SSSR count). The molecule has 0 atom stereocenters. The van der Waals surface area contributed by atoms with E-state index < -0.39 is 57.2 Å². The number of thioether (sulfide) groups is 1. The molecule has 2 heterocycles. The van der Waals surface area contributed by atoms with E-state index in [1.54, 1.807) is 113 Å². The number of aliphatic hydroxyl groups excluding tert-OH is 4. The van der Waals surface area contributed by atoms with Gasteiger partial charge in [-0.1, -0.05) is 72.9 Å². The lowest BCUT2D eigenvalue weighted by molar-refractivity contribution is -0.279. The summed E-state index contributed by atoms with van der Waals surface area (Å²) in [6.45, 7) is 12.3. The SMILES string of the molecule is CC1(C)OCC(C)(C(=O)Cl)CO1.COc1cc(/C=C/c2ccc(O)cc2)cc(CO)c1.COc1cc(/C=C/c2ccc(OC(=O)C3(C)COC(C)(C)OC3)cc2)cc(CO)c1.COc1cc(O)cc(/C=C/c2ccc(OC(=O)C(C)(CO)CO)cc2)c1.CSC.ClB(Cl)Cl.ClCCCl. The first-order valence-electron chi connectivity index (χ1n) is 30.1. The summed E-state index contributed by atoms with van der Waals surface area (Å²) in [5, 5.41) is 55.5. The highest BCUT2D eigenvalue weighted by atomic mass is 35.6. The quantitative estimate of drug-likeness (QED) is 0.0110. The first-order chi connectivity index (χ1) is 46.2. The smallest absolute Gasteiger partial charge is 0.450 e. The van der Waals surface area contributed by atoms with Crippen LogP contribution in [0, 0.1) is 16.2 Å². The van der Waals surface area contributed by atoms with E-state index >= 15 is 0 Å². The van der Waals surface area contributed by atoms with Gasteiger partial charge in [-0.25, -0.2) is 0 Å². The van der Waals surface area contributed by atoms with Crippen LogP contribution in [0.25, 0.3) is 36.5 Å². The topological polar surface area (TPSA) is 256 Å². The molecule has 0 saturated carbocycles. The standard InChI is InChI=1S/C24H28O6.C20H22O6.C16H16O3.C8H13ClO3.C2H4Cl2.C2H6S.BCl3/c1-23(2)28-15-24(3,16-29-23)22(26)30-20-9-7-17(8-10-20)5-6-18-11-19(14-25)13-21(12-18)27-4;1-20(12-21,13-22)19(24)26-17-7-5-14(6-8-17)3-4-15-9-16(23)11-18(10-15)25-2;1-19-16-9-13(8-14(10-16)11-17)3-2-12-4-6-15(18)7-5-12;1-7(2)11-4-8(3,5-12-7)6(9)10;3-1-2-4;1-3-2;2-1(3)4/h5-13,25H,14-16H2,1-4H3;3-11,21-23H,12-13H2,1-2H3;2-10,17-18H,11H2,1H3;4-5H2,1-3H3;1-2H2;1-2H3;/b6-5+;4-3+;3-2+;;;;. The molecular weight excluding hydrogens is 1410 g/mol. The molecule has 2 aliphatic rings. The summed E-state index contributed by atoms with van der Waals surface area (Å²) in [6, 6.07) is 37.0. The number of halogens is 6. The summed E-state index contributed by atoms with van der Waals surface area (Å²) in [5.74, 6) is 1.88. The normalized spacial score (nSPS) is 14.6. The Kier molecular flexibility index (Phi) is 40.4. The molecule has 6 N–H and O–H groups in total. The highest BCUT2D eigenvalue weighted by Gasteiger charge is 2.44. The first kappa shape index (κ1) is 88.1. The van der Waals surface area contributed by atoms with Crippen molar-refractivity contribution in [1.29, 1.82) is 0 Å². The largest absolute Gasteiger partial charge is 0.508 e. The third-order valence-corrected chi connectivity index (χ3v) is 14.7. The third-order valence-electron chi connectivity index (χ3n) is 13.6. The molecule has 0 bridgehead atoms. The number of hydrogen-bond donors (Lipinski definition) is 6. The van der Waals surface area contributed by atoms with Gasteiger partial charge < -0.3 is 73.3 Å². The second kappa shape index (κ2) is 45.0. The van der Waals surface area contributed by atoms with Gasteiger partial charge in [0.25, 0.3) is 0 Å². The molecule has 0 radical (unpaired) electrons. The Morgan fingerprint density at radius 2 is 0.806 bits per heavy atom. The zero-order chi connectivity index (χ0) is 73.7. The Morgan fingerprint density at radius 1 is 0.490 bits per heavy atom. The van der Waals surface area contributed by atoms with Crippen LogP contribution in [0.4, 0.5) is 0 Å². The molecule has 0 unspecified atom stereocenters. The highest BCUT2D eigenvalue weighted by Crippen LogP contribution is 2.33. The van der Waals surface area contributed by atoms with Gasteiger partial charge in [0.05, 0.1) is 79.6 Å². The van der Waals surface area contributed by atoms with E-state index in [0.29, 0.717) is 48.0 Å². The summed E-state index contributed by atoms with van der Waals surface area (Å²) in [5.41, 5.74) is 4.17. The van der Waals surface area contributed by atoms with Crippen LogP contribution in [-0.4, -0.2) is 150 Å². The molecule has 536 valence electrons. The molecular formula is C72H89BCl6O18S. The molecule has 0 amide bonds. The molecule has 98 heavy (non-hydrogen) atoms. The predicted molar refractivity (Wildman–Crippen MR) is 397 cm³/mol. The maximum absolute atomic E-state index is 12.6. The summed E-state index contributed by atoms with van der Waals surface area (Å²) in [7, 11) is 4.72. The van der Waals surface area contributed by atoms with Gasteiger partial charge in [0.1, 0.15) is 51.1 Å². The number of ether oxygens (including phenoxy) is 9. The van der Waals surface area contributed by atoms with Gasteiger partial charge in [-0.3, -0.25) is 14.4 Å². The predicted octanol–water partition coefficient (Wildman–Crippen LogP) is 15.3. The van der Waals surface area contributed by atoms with E-state index in [1.165, 1.54) is 20.1 Å². The van der Waals surface area contributed by atoms with E-state index in [0.717, 1.165) is 50.3 Å². The van der Waals surface area contributed by atoms with Crippen LogP contribution in [0.5, 0.6) is 40.2 Å². The number of carbonyl (C=O) groups excluding carboxylic acids is 3. The van der Waals surface area contributed by atoms with Crippen molar-refractivity contribution in [1.82, 2.24) is 0 Å². The average molecular weight is 1500 g/mol. The van der Waals surface area contributed by atoms with Crippen LogP contribution in [0.3, 0.4) is 0 Å². The lowest BCUT2D eigenvalue weighted by atomic mass is 9.92. The number of phenolic OH excluding ortho intramolecular Hbond substituents is 2. The first-order valence-corrected chi connectivity index (χ1v) is 34.5. The molecule has 6 aromatic carbocycles. The van der Waals surface area contributed by atoms with E-state index in [-0.39, 0.29) is 43.9 Å². The minimum absolute atomic E-state index is 0.0166. The Morgan fingerprint density at radius 3 is 1.13 bits per heavy atom. The Labute approximate surface area is 610 Å². The number of carbonyl (C=O) groups is 3. The van der Waals surface area contributed by atoms with Crippen molar-refractivity contribution >= 4 is 140 Å². The van der Waals surface area contributed by atoms with Crippen LogP contribution >= 0.6 is 80.9 Å². The van der Waals surface area contributed by atoms with Crippen molar-refractivity contribution in [3.63, 3.8) is 0 Å². The molecule has 2 aliphatic heterocycles. The summed E-state index contributed by atoms with van der Waals surface area (Å²) in [4.78, 5) is 34.8. The number of phenols is 2. The number of alkyl halides is 2. The lowest BCUT2D eigenvalue weighted by Gasteiger charge is -2.39. The maximum atomic E-state index is 12.6. The Bertz CT molecular complexity index is 3370. The van der Waals surface area contributed by atoms with E-state index in [1.807, 2.05) is 125 Å². The number of aromatic hydroxyl groups is 2. The van der Waals surface area contributed by atoms with Gasteiger partial charge in [-0.2, -0.15) is 46.1 Å². The van der Waals surface area contributed by atoms with Crippen molar-refractivity contribution in [2.24, 2.45) is 16.2 Å². The third kappa shape index (κ3) is 33.4. The van der Waals surface area contributed by atoms with Crippen molar-refractivity contribution in [3.8, 4) is 40.2 Å². The maximum Gasteiger partial charge on any atom is 0.450 e. The van der Waals surface area contributed by atoms with Crippen molar-refractivity contribution < 1.29 is 87.7 Å². The number of benzene rings is 6. The lowest BCUT2D eigenvalue weighted by Crippen LogP contribution is -2.50. The van der Waals surface area contributed by atoms with Crippen LogP contribution in [-0.2, 0) is 46.5 Å². The second-order valence-corrected chi connectivity index (χ2v) is 27.2. The highest BCUT2D eigenvalue weighted by molar-refractivity contribution is 7.97. The fraction of sp³-hybridized carbons (Fsp3) is 0.375. The Hall–Kier alpha value is -6.02. The summed E-state index contributed by atoms with van der Waals surface area (Å²) < 4.78 is 48.1. The number of esters is 2. The van der Waals surface area contributed by atoms with E-state index in [2.05, 4.69) is 0 Å². The van der Waals surface area contributed by atoms with Crippen LogP contribution in [0.1, 0.15) is 93.0 Å². The van der Waals surface area contributed by atoms with Gasteiger partial charge in [0.15, 0.2) is 11.6 Å². The van der Waals surface area contributed by atoms with Gasteiger partial charge in [0, 0.05) is 17.8 Å². The van der Waals surface area contributed by atoms with Crippen LogP contribution in [0.2, 0.25) is 0 Å². The van der Waals surface area contributed by atoms with Crippen molar-refractivity contribution in [2.75, 3.05) is 85.2 Å². The van der Waals surface area contributed by atoms with Crippen molar-refractivity contribution in [2.45, 2.75) is 73.3 Å². The molecule has 2 saturated heterocycles. The van der Waals surface area contributed by atoms with Crippen molar-refractivity contribution in [3.05, 3.63) is 172 Å². The van der Waals surface area contributed by atoms with E-state index in [9.17, 15) is 45.0 Å². The van der Waals surface area contributed by atoms with Gasteiger partial charge in [-0.05, 0) is 202 Å². The number of hydrogen-bond acceptors (Lipinski definition) is 19. The molecule has 6 aromatic rings. The molecule has 0 aromatic heterocycles. The fourth-order valence-corrected chi connectivity index (χ4v) is 7.74. The Balaban J connectivity index is 0.000000437. The van der Waals surface area contributed by atoms with Gasteiger partial charge in [-0.15, -0.1) is 23.2 Å². The zero-order valence-corrected chi connectivity index (χ0v) is 62.3. The minimum atomic E-state index is -1.34. The van der Waals surface area contributed by atoms with Gasteiger partial charge >= 0.3 is 16.9 Å². The van der Waals surface area contributed by atoms with Gasteiger partial charge in [0.2, 0.25) is 5.24 Å². The van der Waals surface area contributed by atoms with E-state index in [4.69, 9.17) is 112 Å². The summed E-state index contributed by atoms with van der Waals surface area (Å²) in [6.07, 6.45) is 15.5. The molecule has 0 spiro atoms. The summed E-state index contributed by atoms with van der Waals surface area (Å²) >= 11 is 31.7. The number of rotatable bonds is 19. The molecule has 0 aliphatic carbocycles. The molecule has 18 nitrogen and oxygen atoms in total. The molecule has 26 heteroatoms. The van der Waals surface area contributed by atoms with Crippen LogP contribution in [0.15, 0.2) is 127 Å². The van der Waals surface area contributed by atoms with Crippen LogP contribution < -0.4 is 23.7 Å². The number of methoxy groups -OCH3 is 3.